The molecule has 2 N–H and O–H groups in total. The van der Waals surface area contributed by atoms with E-state index in [9.17, 15) is 0 Å². The average Bonchev–Trinajstić information content (AvgIpc) is 2.55. The number of aryl methyl sites for hydroxylation is 1. The van der Waals surface area contributed by atoms with E-state index in [1.165, 1.54) is 5.52 Å². The molecule has 1 atom stereocenters. The summed E-state index contributed by atoms with van der Waals surface area (Å²) in [4.78, 5) is 4.64. The summed E-state index contributed by atoms with van der Waals surface area (Å²) < 4.78 is 3.21. The highest BCUT2D eigenvalue weighted by molar-refractivity contribution is 9.10. The summed E-state index contributed by atoms with van der Waals surface area (Å²) in [5.74, 6) is 1.57. The number of hydrogen-bond donors (Lipinski definition) is 1. The number of nitrogens with two attached hydrogens (primary N) is 1. The van der Waals surface area contributed by atoms with Crippen LogP contribution in [0.2, 0.25) is 0 Å². The minimum atomic E-state index is 0.471. The highest BCUT2D eigenvalue weighted by atomic mass is 79.9. The van der Waals surface area contributed by atoms with Gasteiger partial charge in [0, 0.05) is 17.9 Å². The predicted octanol–water partition coefficient (Wildman–Crippen LogP) is 2.47. The third-order valence-corrected chi connectivity index (χ3v) is 3.36. The first kappa shape index (κ1) is 11.6. The maximum Gasteiger partial charge on any atom is 0.109 e. The zero-order valence-electron chi connectivity index (χ0n) is 9.57. The minimum absolute atomic E-state index is 0.471. The maximum atomic E-state index is 5.64. The van der Waals surface area contributed by atoms with Gasteiger partial charge < -0.3 is 10.3 Å². The van der Waals surface area contributed by atoms with E-state index in [-0.39, 0.29) is 0 Å². The van der Waals surface area contributed by atoms with E-state index in [0.29, 0.717) is 12.5 Å². The highest BCUT2D eigenvalue weighted by Gasteiger charge is 2.10. The Bertz CT molecular complexity index is 504. The second-order valence-corrected chi connectivity index (χ2v) is 5.18. The van der Waals surface area contributed by atoms with Gasteiger partial charge in [0.25, 0.3) is 0 Å². The third kappa shape index (κ3) is 2.13. The van der Waals surface area contributed by atoms with Gasteiger partial charge in [0.15, 0.2) is 0 Å². The number of halogens is 1. The summed E-state index contributed by atoms with van der Waals surface area (Å²) in [5.41, 5.74) is 7.85. The fourth-order valence-corrected chi connectivity index (χ4v) is 2.15. The van der Waals surface area contributed by atoms with Crippen molar-refractivity contribution in [3.8, 4) is 0 Å². The van der Waals surface area contributed by atoms with Crippen LogP contribution in [0.3, 0.4) is 0 Å². The van der Waals surface area contributed by atoms with Gasteiger partial charge in [-0.25, -0.2) is 4.98 Å². The van der Waals surface area contributed by atoms with Gasteiger partial charge in [-0.1, -0.05) is 22.9 Å². The lowest BCUT2D eigenvalue weighted by atomic mass is 10.1. The van der Waals surface area contributed by atoms with Crippen LogP contribution < -0.4 is 5.73 Å². The van der Waals surface area contributed by atoms with Gasteiger partial charge in [-0.3, -0.25) is 0 Å². The van der Waals surface area contributed by atoms with E-state index >= 15 is 0 Å². The van der Waals surface area contributed by atoms with Gasteiger partial charge in [0.2, 0.25) is 0 Å². The molecule has 4 heteroatoms. The second-order valence-electron chi connectivity index (χ2n) is 4.27. The van der Waals surface area contributed by atoms with Crippen molar-refractivity contribution in [3.05, 3.63) is 28.5 Å². The van der Waals surface area contributed by atoms with E-state index < -0.39 is 0 Å². The summed E-state index contributed by atoms with van der Waals surface area (Å²) in [6.45, 7) is 2.85. The van der Waals surface area contributed by atoms with Crippen LogP contribution in [0.15, 0.2) is 22.7 Å². The summed E-state index contributed by atoms with van der Waals surface area (Å²) in [6, 6.07) is 6.18. The Morgan fingerprint density at radius 1 is 1.50 bits per heavy atom. The quantitative estimate of drug-likeness (QED) is 0.939. The third-order valence-electron chi connectivity index (χ3n) is 2.87. The molecule has 0 aliphatic rings. The number of hydrogen-bond acceptors (Lipinski definition) is 2. The van der Waals surface area contributed by atoms with Crippen LogP contribution in [0, 0.1) is 5.92 Å². The maximum absolute atomic E-state index is 5.64. The predicted molar refractivity (Wildman–Crippen MR) is 70.3 cm³/mol. The largest absolute Gasteiger partial charge is 0.331 e. The number of imidazole rings is 1. The van der Waals surface area contributed by atoms with Gasteiger partial charge in [0.1, 0.15) is 5.82 Å². The molecule has 0 radical (unpaired) electrons. The first-order valence-electron chi connectivity index (χ1n) is 5.42. The molecule has 0 aliphatic carbocycles. The van der Waals surface area contributed by atoms with Crippen molar-refractivity contribution in [1.82, 2.24) is 9.55 Å². The molecule has 0 fully saturated rings. The Balaban J connectivity index is 2.43. The molecule has 0 saturated carbocycles. The van der Waals surface area contributed by atoms with Gasteiger partial charge in [-0.05, 0) is 30.7 Å². The highest BCUT2D eigenvalue weighted by Crippen LogP contribution is 2.21. The molecular formula is C12H16BrN3. The average molecular weight is 282 g/mol. The van der Waals surface area contributed by atoms with Gasteiger partial charge >= 0.3 is 0 Å². The first-order chi connectivity index (χ1) is 7.61. The molecule has 3 nitrogen and oxygen atoms in total. The molecule has 1 aromatic heterocycles. The van der Waals surface area contributed by atoms with Crippen LogP contribution in [0.5, 0.6) is 0 Å². The molecule has 0 saturated heterocycles. The molecule has 1 heterocycles. The zero-order chi connectivity index (χ0) is 11.7. The Kier molecular flexibility index (Phi) is 3.30. The monoisotopic (exact) mass is 281 g/mol. The number of rotatable bonds is 3. The lowest BCUT2D eigenvalue weighted by Gasteiger charge is -2.07. The van der Waals surface area contributed by atoms with Crippen LogP contribution in [-0.4, -0.2) is 16.1 Å². The van der Waals surface area contributed by atoms with Crippen molar-refractivity contribution < 1.29 is 0 Å². The van der Waals surface area contributed by atoms with Crippen molar-refractivity contribution in [2.24, 2.45) is 18.7 Å². The SMILES string of the molecule is CC(CN)Cc1nc2cc(Br)ccc2n1C. The fraction of sp³-hybridized carbons (Fsp3) is 0.417. The normalized spacial score (nSPS) is 13.2. The molecule has 0 amide bonds. The lowest BCUT2D eigenvalue weighted by molar-refractivity contribution is 0.563. The molecule has 86 valence electrons. The molecule has 16 heavy (non-hydrogen) atoms. The summed E-state index contributed by atoms with van der Waals surface area (Å²) in [7, 11) is 2.06. The van der Waals surface area contributed by atoms with Crippen molar-refractivity contribution in [2.75, 3.05) is 6.54 Å². The van der Waals surface area contributed by atoms with E-state index in [2.05, 4.69) is 45.5 Å². The van der Waals surface area contributed by atoms with Crippen molar-refractivity contribution >= 4 is 27.0 Å². The van der Waals surface area contributed by atoms with E-state index in [1.807, 2.05) is 12.1 Å². The molecule has 0 aliphatic heterocycles. The second kappa shape index (κ2) is 4.55. The number of fused-ring (bicyclic) bond motifs is 1. The zero-order valence-corrected chi connectivity index (χ0v) is 11.2. The molecule has 1 aromatic carbocycles. The standard InChI is InChI=1S/C12H16BrN3/c1-8(7-14)5-12-15-10-6-9(13)3-4-11(10)16(12)2/h3-4,6,8H,5,7,14H2,1-2H3. The molecule has 1 unspecified atom stereocenters. The van der Waals surface area contributed by atoms with Crippen LogP contribution in [0.4, 0.5) is 0 Å². The Morgan fingerprint density at radius 3 is 2.94 bits per heavy atom. The number of benzene rings is 1. The van der Waals surface area contributed by atoms with Crippen LogP contribution in [0.1, 0.15) is 12.7 Å². The summed E-state index contributed by atoms with van der Waals surface area (Å²) in [5, 5.41) is 0. The minimum Gasteiger partial charge on any atom is -0.331 e. The topological polar surface area (TPSA) is 43.8 Å². The van der Waals surface area contributed by atoms with Crippen molar-refractivity contribution in [2.45, 2.75) is 13.3 Å². The van der Waals surface area contributed by atoms with Crippen molar-refractivity contribution in [1.29, 1.82) is 0 Å². The van der Waals surface area contributed by atoms with E-state index in [0.717, 1.165) is 22.2 Å². The Morgan fingerprint density at radius 2 is 2.25 bits per heavy atom. The van der Waals surface area contributed by atoms with E-state index in [1.54, 1.807) is 0 Å². The van der Waals surface area contributed by atoms with Gasteiger partial charge in [0.05, 0.1) is 11.0 Å². The number of nitrogens with zero attached hydrogens (tertiary/aromatic N) is 2. The van der Waals surface area contributed by atoms with Crippen LogP contribution in [0.25, 0.3) is 11.0 Å². The van der Waals surface area contributed by atoms with E-state index in [4.69, 9.17) is 5.73 Å². The van der Waals surface area contributed by atoms with Crippen LogP contribution >= 0.6 is 15.9 Å². The fourth-order valence-electron chi connectivity index (χ4n) is 1.80. The number of aromatic nitrogens is 2. The molecule has 2 aromatic rings. The first-order valence-corrected chi connectivity index (χ1v) is 6.22. The van der Waals surface area contributed by atoms with Crippen LogP contribution in [-0.2, 0) is 13.5 Å². The summed E-state index contributed by atoms with van der Waals surface area (Å²) in [6.07, 6.45) is 0.930. The molecule has 2 rings (SSSR count). The van der Waals surface area contributed by atoms with Gasteiger partial charge in [-0.2, -0.15) is 0 Å². The molecule has 0 spiro atoms. The Labute approximate surface area is 104 Å². The lowest BCUT2D eigenvalue weighted by Crippen LogP contribution is -2.15. The molecular weight excluding hydrogens is 266 g/mol. The van der Waals surface area contributed by atoms with Gasteiger partial charge in [-0.15, -0.1) is 0 Å². The summed E-state index contributed by atoms with van der Waals surface area (Å²) >= 11 is 3.46. The molecule has 0 bridgehead atoms. The Hall–Kier alpha value is -0.870. The smallest absolute Gasteiger partial charge is 0.109 e. The van der Waals surface area contributed by atoms with Crippen molar-refractivity contribution in [3.63, 3.8) is 0 Å².